The van der Waals surface area contributed by atoms with Crippen molar-refractivity contribution in [1.82, 2.24) is 9.88 Å². The fraction of sp³-hybridized carbons (Fsp3) is 0.250. The van der Waals surface area contributed by atoms with Gasteiger partial charge in [-0.05, 0) is 43.8 Å². The second-order valence-corrected chi connectivity index (χ2v) is 6.31. The fourth-order valence-corrected chi connectivity index (χ4v) is 2.81. The molecule has 1 heterocycles. The first kappa shape index (κ1) is 17.5. The summed E-state index contributed by atoms with van der Waals surface area (Å²) in [6, 6.07) is 15.7. The molecule has 25 heavy (non-hydrogen) atoms. The topological polar surface area (TPSA) is 38.5 Å². The molecule has 5 heteroatoms. The number of halogens is 1. The van der Waals surface area contributed by atoms with E-state index in [4.69, 9.17) is 20.8 Å². The molecule has 0 atom stereocenters. The molecule has 0 radical (unpaired) electrons. The number of benzene rings is 2. The number of aromatic nitrogens is 1. The predicted octanol–water partition coefficient (Wildman–Crippen LogP) is 5.03. The van der Waals surface area contributed by atoms with Gasteiger partial charge in [0, 0.05) is 17.1 Å². The minimum absolute atomic E-state index is 0.633. The molecule has 0 aliphatic carbocycles. The zero-order valence-electron chi connectivity index (χ0n) is 14.4. The predicted molar refractivity (Wildman–Crippen MR) is 99.7 cm³/mol. The minimum atomic E-state index is 0.633. The Bertz CT molecular complexity index is 815. The van der Waals surface area contributed by atoms with Gasteiger partial charge in [0.05, 0.1) is 19.3 Å². The molecule has 0 spiro atoms. The van der Waals surface area contributed by atoms with Crippen LogP contribution in [0.3, 0.4) is 0 Å². The molecular formula is C20H21ClN2O2. The van der Waals surface area contributed by atoms with E-state index in [0.717, 1.165) is 23.6 Å². The number of nitrogens with zero attached hydrogens (tertiary/aromatic N) is 2. The maximum Gasteiger partial charge on any atom is 0.209 e. The Hall–Kier alpha value is -2.30. The van der Waals surface area contributed by atoms with Crippen LogP contribution in [0, 0.1) is 0 Å². The summed E-state index contributed by atoms with van der Waals surface area (Å²) >= 11 is 6.03. The van der Waals surface area contributed by atoms with Crippen LogP contribution in [0.4, 0.5) is 0 Å². The van der Waals surface area contributed by atoms with Gasteiger partial charge in [-0.2, -0.15) is 0 Å². The normalized spacial score (nSPS) is 11.0. The Morgan fingerprint density at radius 1 is 1.12 bits per heavy atom. The summed E-state index contributed by atoms with van der Waals surface area (Å²) < 4.78 is 11.3. The Labute approximate surface area is 153 Å². The van der Waals surface area contributed by atoms with Gasteiger partial charge in [-0.1, -0.05) is 35.9 Å². The molecule has 3 aromatic rings. The molecule has 0 N–H and O–H groups in total. The molecule has 0 unspecified atom stereocenters. The maximum absolute atomic E-state index is 6.03. The van der Waals surface area contributed by atoms with Crippen LogP contribution in [0.15, 0.2) is 59.1 Å². The molecule has 0 saturated heterocycles. The van der Waals surface area contributed by atoms with Crippen molar-refractivity contribution >= 4 is 11.6 Å². The van der Waals surface area contributed by atoms with Gasteiger partial charge in [-0.15, -0.1) is 0 Å². The van der Waals surface area contributed by atoms with Gasteiger partial charge < -0.3 is 9.15 Å². The highest BCUT2D eigenvalue weighted by Crippen LogP contribution is 2.24. The van der Waals surface area contributed by atoms with Crippen molar-refractivity contribution in [3.63, 3.8) is 0 Å². The zero-order chi connectivity index (χ0) is 17.6. The second-order valence-electron chi connectivity index (χ2n) is 5.88. The molecular weight excluding hydrogens is 336 g/mol. The Balaban J connectivity index is 1.60. The van der Waals surface area contributed by atoms with Gasteiger partial charge in [0.1, 0.15) is 5.75 Å². The average molecular weight is 357 g/mol. The van der Waals surface area contributed by atoms with Crippen molar-refractivity contribution in [2.75, 3.05) is 13.7 Å². The Morgan fingerprint density at radius 3 is 2.64 bits per heavy atom. The van der Waals surface area contributed by atoms with Crippen LogP contribution in [0.2, 0.25) is 5.02 Å². The van der Waals surface area contributed by atoms with Crippen LogP contribution in [0.5, 0.6) is 5.75 Å². The lowest BCUT2D eigenvalue weighted by Crippen LogP contribution is -2.17. The summed E-state index contributed by atoms with van der Waals surface area (Å²) in [5.41, 5.74) is 2.15. The first-order valence-corrected chi connectivity index (χ1v) is 8.63. The van der Waals surface area contributed by atoms with E-state index in [1.54, 1.807) is 6.20 Å². The average Bonchev–Trinajstić information content (AvgIpc) is 3.05. The zero-order valence-corrected chi connectivity index (χ0v) is 15.2. The van der Waals surface area contributed by atoms with E-state index < -0.39 is 0 Å². The van der Waals surface area contributed by atoms with E-state index in [0.29, 0.717) is 24.1 Å². The molecule has 0 amide bonds. The smallest absolute Gasteiger partial charge is 0.209 e. The number of ether oxygens (including phenoxy) is 1. The quantitative estimate of drug-likeness (QED) is 0.595. The molecule has 0 bridgehead atoms. The number of hydrogen-bond acceptors (Lipinski definition) is 4. The lowest BCUT2D eigenvalue weighted by Gasteiger charge is -2.15. The summed E-state index contributed by atoms with van der Waals surface area (Å²) in [5, 5.41) is 0.683. The van der Waals surface area contributed by atoms with Crippen LogP contribution in [0.1, 0.15) is 18.4 Å². The van der Waals surface area contributed by atoms with Crippen LogP contribution < -0.4 is 4.74 Å². The summed E-state index contributed by atoms with van der Waals surface area (Å²) in [6.45, 7) is 4.10. The molecule has 130 valence electrons. The van der Waals surface area contributed by atoms with Crippen LogP contribution in [-0.2, 0) is 13.1 Å². The van der Waals surface area contributed by atoms with Gasteiger partial charge in [0.2, 0.25) is 5.89 Å². The second kappa shape index (κ2) is 8.19. The van der Waals surface area contributed by atoms with Crippen molar-refractivity contribution in [2.45, 2.75) is 20.0 Å². The first-order chi connectivity index (χ1) is 12.1. The van der Waals surface area contributed by atoms with Crippen LogP contribution in [0.25, 0.3) is 11.3 Å². The van der Waals surface area contributed by atoms with E-state index in [-0.39, 0.29) is 0 Å². The van der Waals surface area contributed by atoms with Crippen molar-refractivity contribution < 1.29 is 9.15 Å². The van der Waals surface area contributed by atoms with E-state index in [1.807, 2.05) is 50.4 Å². The summed E-state index contributed by atoms with van der Waals surface area (Å²) in [7, 11) is 2.04. The summed E-state index contributed by atoms with van der Waals surface area (Å²) in [6.07, 6.45) is 1.74. The van der Waals surface area contributed by atoms with Crippen molar-refractivity contribution in [1.29, 1.82) is 0 Å². The molecule has 0 aliphatic heterocycles. The summed E-state index contributed by atoms with van der Waals surface area (Å²) in [4.78, 5) is 6.53. The van der Waals surface area contributed by atoms with E-state index in [2.05, 4.69) is 22.0 Å². The minimum Gasteiger partial charge on any atom is -0.494 e. The van der Waals surface area contributed by atoms with Crippen molar-refractivity contribution in [3.8, 4) is 17.1 Å². The molecule has 0 fully saturated rings. The number of hydrogen-bond donors (Lipinski definition) is 0. The Kier molecular flexibility index (Phi) is 5.74. The van der Waals surface area contributed by atoms with Gasteiger partial charge in [0.25, 0.3) is 0 Å². The molecule has 0 saturated carbocycles. The molecule has 0 aliphatic rings. The highest BCUT2D eigenvalue weighted by molar-refractivity contribution is 6.30. The van der Waals surface area contributed by atoms with E-state index in [1.165, 1.54) is 5.56 Å². The van der Waals surface area contributed by atoms with E-state index >= 15 is 0 Å². The molecule has 4 nitrogen and oxygen atoms in total. The Morgan fingerprint density at radius 2 is 1.92 bits per heavy atom. The monoisotopic (exact) mass is 356 g/mol. The third kappa shape index (κ3) is 4.84. The van der Waals surface area contributed by atoms with Gasteiger partial charge >= 0.3 is 0 Å². The maximum atomic E-state index is 6.03. The lowest BCUT2D eigenvalue weighted by atomic mass is 10.2. The first-order valence-electron chi connectivity index (χ1n) is 8.25. The lowest BCUT2D eigenvalue weighted by molar-refractivity contribution is 0.282. The number of oxazole rings is 1. The van der Waals surface area contributed by atoms with Crippen molar-refractivity contribution in [3.05, 3.63) is 71.2 Å². The third-order valence-electron chi connectivity index (χ3n) is 3.75. The standard InChI is InChI=1S/C20H21ClN2O2/c1-3-24-18-9-7-15(8-10-18)13-23(2)14-20-22-12-19(25-20)16-5-4-6-17(21)11-16/h4-12H,3,13-14H2,1-2H3. The highest BCUT2D eigenvalue weighted by Gasteiger charge is 2.10. The SMILES string of the molecule is CCOc1ccc(CN(C)Cc2ncc(-c3cccc(Cl)c3)o2)cc1. The van der Waals surface area contributed by atoms with Gasteiger partial charge in [-0.3, -0.25) is 4.90 Å². The van der Waals surface area contributed by atoms with Crippen molar-refractivity contribution in [2.24, 2.45) is 0 Å². The third-order valence-corrected chi connectivity index (χ3v) is 3.99. The molecule has 2 aromatic carbocycles. The van der Waals surface area contributed by atoms with Gasteiger partial charge in [0.15, 0.2) is 5.76 Å². The molecule has 3 rings (SSSR count). The van der Waals surface area contributed by atoms with Crippen LogP contribution in [-0.4, -0.2) is 23.5 Å². The van der Waals surface area contributed by atoms with E-state index in [9.17, 15) is 0 Å². The molecule has 1 aromatic heterocycles. The highest BCUT2D eigenvalue weighted by atomic mass is 35.5. The summed E-state index contributed by atoms with van der Waals surface area (Å²) in [5.74, 6) is 2.31. The largest absolute Gasteiger partial charge is 0.494 e. The fourth-order valence-electron chi connectivity index (χ4n) is 2.61. The van der Waals surface area contributed by atoms with Crippen LogP contribution >= 0.6 is 11.6 Å². The number of rotatable bonds is 7. The van der Waals surface area contributed by atoms with Gasteiger partial charge in [-0.25, -0.2) is 4.98 Å².